The molecule has 0 aliphatic carbocycles. The number of aryl methyl sites for hydroxylation is 4. The van der Waals surface area contributed by atoms with Gasteiger partial charge in [-0.3, -0.25) is 9.48 Å². The Morgan fingerprint density at radius 2 is 1.82 bits per heavy atom. The number of fused-ring (bicyclic) bond motifs is 3. The molecule has 0 atom stereocenters. The number of thioether (sulfide) groups is 1. The largest absolute Gasteiger partial charge is 0.293 e. The van der Waals surface area contributed by atoms with Crippen molar-refractivity contribution in [2.75, 3.05) is 5.75 Å². The van der Waals surface area contributed by atoms with Crippen molar-refractivity contribution in [2.24, 2.45) is 0 Å². The molecule has 166 valence electrons. The van der Waals surface area contributed by atoms with E-state index in [9.17, 15) is 9.18 Å². The molecular formula is C24H21FN6OS. The van der Waals surface area contributed by atoms with Crippen LogP contribution in [0.4, 0.5) is 4.39 Å². The Hall–Kier alpha value is -3.59. The highest BCUT2D eigenvalue weighted by molar-refractivity contribution is 7.99. The lowest BCUT2D eigenvalue weighted by Gasteiger charge is -2.06. The van der Waals surface area contributed by atoms with E-state index in [-0.39, 0.29) is 17.4 Å². The second-order valence-electron chi connectivity index (χ2n) is 7.79. The molecule has 0 spiro atoms. The summed E-state index contributed by atoms with van der Waals surface area (Å²) in [5.41, 5.74) is 4.04. The molecule has 0 aliphatic rings. The number of carbonyl (C=O) groups excluding carboxylic acids is 1. The molecule has 9 heteroatoms. The maximum atomic E-state index is 13.2. The van der Waals surface area contributed by atoms with Crippen LogP contribution in [-0.2, 0) is 13.0 Å². The zero-order chi connectivity index (χ0) is 22.9. The van der Waals surface area contributed by atoms with Crippen LogP contribution >= 0.6 is 11.8 Å². The van der Waals surface area contributed by atoms with E-state index < -0.39 is 0 Å². The lowest BCUT2D eigenvalue weighted by Crippen LogP contribution is -2.07. The first kappa shape index (κ1) is 21.3. The Kier molecular flexibility index (Phi) is 5.63. The average Bonchev–Trinajstić information content (AvgIpc) is 3.38. The predicted octanol–water partition coefficient (Wildman–Crippen LogP) is 4.45. The number of benzene rings is 2. The van der Waals surface area contributed by atoms with Crippen molar-refractivity contribution in [3.8, 4) is 0 Å². The second-order valence-corrected chi connectivity index (χ2v) is 8.74. The van der Waals surface area contributed by atoms with Crippen LogP contribution in [0.25, 0.3) is 16.6 Å². The van der Waals surface area contributed by atoms with Gasteiger partial charge in [0.05, 0.1) is 17.0 Å². The monoisotopic (exact) mass is 460 g/mol. The lowest BCUT2D eigenvalue weighted by atomic mass is 10.1. The zero-order valence-corrected chi connectivity index (χ0v) is 19.0. The molecule has 5 aromatic rings. The van der Waals surface area contributed by atoms with Gasteiger partial charge in [0.2, 0.25) is 0 Å². The fourth-order valence-corrected chi connectivity index (χ4v) is 4.57. The molecule has 0 saturated carbocycles. The van der Waals surface area contributed by atoms with Crippen LogP contribution in [0, 0.1) is 19.7 Å². The summed E-state index contributed by atoms with van der Waals surface area (Å²) in [5, 5.41) is 10.7. The van der Waals surface area contributed by atoms with E-state index in [0.717, 1.165) is 22.3 Å². The number of Topliss-reactive ketones (excluding diaryl/α,β-unsaturated/α-hetero) is 1. The first-order valence-electron chi connectivity index (χ1n) is 10.5. The standard InChI is InChI=1S/C24H21FN6OS/c1-15-13-16(2)30(28-15)12-11-22-27-23-19-5-3-4-6-20(19)26-24(31(23)29-22)33-14-21(32)17-7-9-18(25)10-8-17/h3-10,13H,11-12,14H2,1-2H3. The highest BCUT2D eigenvalue weighted by atomic mass is 32.2. The fourth-order valence-electron chi connectivity index (χ4n) is 3.73. The Bertz CT molecular complexity index is 1470. The smallest absolute Gasteiger partial charge is 0.192 e. The van der Waals surface area contributed by atoms with Gasteiger partial charge in [0.1, 0.15) is 5.82 Å². The topological polar surface area (TPSA) is 78.0 Å². The molecule has 2 aromatic carbocycles. The summed E-state index contributed by atoms with van der Waals surface area (Å²) in [7, 11) is 0. The van der Waals surface area contributed by atoms with Crippen LogP contribution in [0.1, 0.15) is 27.6 Å². The third kappa shape index (κ3) is 4.36. The molecule has 0 unspecified atom stereocenters. The summed E-state index contributed by atoms with van der Waals surface area (Å²) >= 11 is 1.29. The summed E-state index contributed by atoms with van der Waals surface area (Å²) < 4.78 is 16.8. The molecule has 0 saturated heterocycles. The van der Waals surface area contributed by atoms with Crippen LogP contribution in [0.3, 0.4) is 0 Å². The van der Waals surface area contributed by atoms with Gasteiger partial charge in [-0.25, -0.2) is 14.4 Å². The highest BCUT2D eigenvalue weighted by Crippen LogP contribution is 2.25. The van der Waals surface area contributed by atoms with Gasteiger partial charge in [0, 0.05) is 29.6 Å². The second kappa shape index (κ2) is 8.74. The van der Waals surface area contributed by atoms with Crippen molar-refractivity contribution in [2.45, 2.75) is 32.0 Å². The van der Waals surface area contributed by atoms with Gasteiger partial charge in [-0.1, -0.05) is 23.9 Å². The zero-order valence-electron chi connectivity index (χ0n) is 18.2. The number of rotatable bonds is 7. The van der Waals surface area contributed by atoms with Crippen molar-refractivity contribution in [1.29, 1.82) is 0 Å². The lowest BCUT2D eigenvalue weighted by molar-refractivity contribution is 0.102. The van der Waals surface area contributed by atoms with E-state index in [1.165, 1.54) is 36.0 Å². The van der Waals surface area contributed by atoms with Crippen molar-refractivity contribution >= 4 is 34.1 Å². The summed E-state index contributed by atoms with van der Waals surface area (Å²) in [6, 6.07) is 15.4. The van der Waals surface area contributed by atoms with Gasteiger partial charge in [-0.2, -0.15) is 9.61 Å². The highest BCUT2D eigenvalue weighted by Gasteiger charge is 2.16. The maximum Gasteiger partial charge on any atom is 0.192 e. The van der Waals surface area contributed by atoms with E-state index >= 15 is 0 Å². The summed E-state index contributed by atoms with van der Waals surface area (Å²) in [4.78, 5) is 22.1. The summed E-state index contributed by atoms with van der Waals surface area (Å²) in [6.07, 6.45) is 0.622. The summed E-state index contributed by atoms with van der Waals surface area (Å²) in [6.45, 7) is 4.68. The number of hydrogen-bond donors (Lipinski definition) is 0. The third-order valence-corrected chi connectivity index (χ3v) is 6.27. The minimum Gasteiger partial charge on any atom is -0.293 e. The fraction of sp³-hybridized carbons (Fsp3) is 0.208. The van der Waals surface area contributed by atoms with Gasteiger partial charge >= 0.3 is 0 Å². The van der Waals surface area contributed by atoms with E-state index in [4.69, 9.17) is 15.1 Å². The first-order chi connectivity index (χ1) is 16.0. The van der Waals surface area contributed by atoms with Crippen molar-refractivity contribution in [1.82, 2.24) is 29.4 Å². The number of ketones is 1. The van der Waals surface area contributed by atoms with Crippen LogP contribution in [0.15, 0.2) is 59.8 Å². The quantitative estimate of drug-likeness (QED) is 0.203. The Labute approximate surface area is 193 Å². The Balaban J connectivity index is 1.44. The maximum absolute atomic E-state index is 13.2. The SMILES string of the molecule is Cc1cc(C)n(CCc2nc3c4ccccc4nc(SCC(=O)c4ccc(F)cc4)n3n2)n1. The molecule has 0 bridgehead atoms. The van der Waals surface area contributed by atoms with Crippen LogP contribution in [0.2, 0.25) is 0 Å². The number of aromatic nitrogens is 6. The first-order valence-corrected chi connectivity index (χ1v) is 11.5. The van der Waals surface area contributed by atoms with Gasteiger partial charge in [-0.15, -0.1) is 5.10 Å². The average molecular weight is 461 g/mol. The van der Waals surface area contributed by atoms with Crippen molar-refractivity contribution in [3.05, 3.63) is 83.2 Å². The molecule has 0 N–H and O–H groups in total. The number of carbonyl (C=O) groups is 1. The molecule has 3 aromatic heterocycles. The van der Waals surface area contributed by atoms with Crippen LogP contribution in [-0.4, -0.2) is 40.9 Å². The van der Waals surface area contributed by atoms with Crippen LogP contribution < -0.4 is 0 Å². The molecule has 0 radical (unpaired) electrons. The van der Waals surface area contributed by atoms with Crippen LogP contribution in [0.5, 0.6) is 0 Å². The molecule has 5 rings (SSSR count). The Morgan fingerprint density at radius 3 is 2.58 bits per heavy atom. The van der Waals surface area contributed by atoms with Crippen molar-refractivity contribution < 1.29 is 9.18 Å². The molecule has 7 nitrogen and oxygen atoms in total. The molecule has 3 heterocycles. The Morgan fingerprint density at radius 1 is 1.03 bits per heavy atom. The van der Waals surface area contributed by atoms with E-state index in [1.807, 2.05) is 48.9 Å². The number of para-hydroxylation sites is 1. The number of hydrogen-bond acceptors (Lipinski definition) is 6. The van der Waals surface area contributed by atoms with Gasteiger partial charge in [0.15, 0.2) is 22.4 Å². The minimum atomic E-state index is -0.368. The van der Waals surface area contributed by atoms with Gasteiger partial charge in [0.25, 0.3) is 0 Å². The minimum absolute atomic E-state index is 0.104. The number of halogens is 1. The molecule has 0 fully saturated rings. The molecule has 0 amide bonds. The molecule has 33 heavy (non-hydrogen) atoms. The van der Waals surface area contributed by atoms with E-state index in [1.54, 1.807) is 4.52 Å². The number of nitrogens with zero attached hydrogens (tertiary/aromatic N) is 6. The molecular weight excluding hydrogens is 439 g/mol. The van der Waals surface area contributed by atoms with Gasteiger partial charge in [-0.05, 0) is 56.3 Å². The normalized spacial score (nSPS) is 11.5. The third-order valence-electron chi connectivity index (χ3n) is 5.34. The predicted molar refractivity (Wildman–Crippen MR) is 125 cm³/mol. The van der Waals surface area contributed by atoms with Crippen molar-refractivity contribution in [3.63, 3.8) is 0 Å². The summed E-state index contributed by atoms with van der Waals surface area (Å²) in [5.74, 6) is 0.376. The van der Waals surface area contributed by atoms with E-state index in [2.05, 4.69) is 5.10 Å². The van der Waals surface area contributed by atoms with E-state index in [0.29, 0.717) is 35.2 Å². The molecule has 0 aliphatic heterocycles. The van der Waals surface area contributed by atoms with Gasteiger partial charge < -0.3 is 0 Å².